The summed E-state index contributed by atoms with van der Waals surface area (Å²) in [6.45, 7) is 6.32. The molecule has 0 unspecified atom stereocenters. The van der Waals surface area contributed by atoms with Gasteiger partial charge in [-0.3, -0.25) is 0 Å². The van der Waals surface area contributed by atoms with E-state index in [9.17, 15) is 4.79 Å². The van der Waals surface area contributed by atoms with Crippen molar-refractivity contribution in [2.75, 3.05) is 6.61 Å². The first kappa shape index (κ1) is 11.5. The smallest absolute Gasteiger partial charge is 0.235 e. The molecule has 0 atom stereocenters. The van der Waals surface area contributed by atoms with Crippen LogP contribution in [0.15, 0.2) is 29.3 Å². The van der Waals surface area contributed by atoms with Crippen LogP contribution in [0.4, 0.5) is 0 Å². The van der Waals surface area contributed by atoms with Gasteiger partial charge in [0.05, 0.1) is 12.1 Å². The van der Waals surface area contributed by atoms with Gasteiger partial charge in [0.15, 0.2) is 0 Å². The Labute approximate surface area is 89.8 Å². The Morgan fingerprint density at radius 2 is 1.93 bits per heavy atom. The number of nitrogens with zero attached hydrogens (tertiary/aromatic N) is 1. The number of hydrogen-bond acceptors (Lipinski definition) is 3. The minimum absolute atomic E-state index is 0.521. The van der Waals surface area contributed by atoms with Gasteiger partial charge in [-0.05, 0) is 38.5 Å². The molecule has 0 spiro atoms. The van der Waals surface area contributed by atoms with Gasteiger partial charge in [-0.25, -0.2) is 4.79 Å². The molecule has 1 aromatic carbocycles. The average molecular weight is 205 g/mol. The molecule has 0 saturated carbocycles. The molecule has 0 aliphatic carbocycles. The Morgan fingerprint density at radius 3 is 2.40 bits per heavy atom. The zero-order chi connectivity index (χ0) is 11.3. The molecule has 15 heavy (non-hydrogen) atoms. The van der Waals surface area contributed by atoms with E-state index >= 15 is 0 Å². The van der Waals surface area contributed by atoms with Crippen molar-refractivity contribution in [1.29, 1.82) is 0 Å². The molecule has 0 bridgehead atoms. The van der Waals surface area contributed by atoms with Crippen molar-refractivity contribution >= 4 is 6.08 Å². The van der Waals surface area contributed by atoms with Crippen LogP contribution in [-0.2, 0) is 10.3 Å². The molecule has 0 heterocycles. The fourth-order valence-corrected chi connectivity index (χ4v) is 1.30. The SMILES string of the molecule is CCOc1ccc(C(C)(C)N=C=O)cc1. The lowest BCUT2D eigenvalue weighted by atomic mass is 9.95. The molecule has 0 amide bonds. The zero-order valence-corrected chi connectivity index (χ0v) is 9.28. The van der Waals surface area contributed by atoms with Gasteiger partial charge in [0, 0.05) is 0 Å². The standard InChI is InChI=1S/C12H15NO2/c1-4-15-11-7-5-10(6-8-11)12(2,3)13-9-14/h5-8H,4H2,1-3H3. The number of benzene rings is 1. The maximum atomic E-state index is 10.2. The third kappa shape index (κ3) is 2.93. The molecular formula is C12H15NO2. The third-order valence-corrected chi connectivity index (χ3v) is 2.20. The summed E-state index contributed by atoms with van der Waals surface area (Å²) in [6.07, 6.45) is 1.59. The van der Waals surface area contributed by atoms with Crippen molar-refractivity contribution in [3.8, 4) is 5.75 Å². The van der Waals surface area contributed by atoms with Crippen molar-refractivity contribution in [1.82, 2.24) is 0 Å². The summed E-state index contributed by atoms with van der Waals surface area (Å²) in [4.78, 5) is 14.0. The molecule has 0 aliphatic rings. The number of aliphatic imine (C=N–C) groups is 1. The Kier molecular flexibility index (Phi) is 3.64. The molecule has 0 aromatic heterocycles. The highest BCUT2D eigenvalue weighted by Crippen LogP contribution is 2.25. The molecule has 3 heteroatoms. The minimum Gasteiger partial charge on any atom is -0.494 e. The highest BCUT2D eigenvalue weighted by atomic mass is 16.5. The van der Waals surface area contributed by atoms with Gasteiger partial charge in [0.2, 0.25) is 6.08 Å². The fraction of sp³-hybridized carbons (Fsp3) is 0.417. The summed E-state index contributed by atoms with van der Waals surface area (Å²) in [5.41, 5.74) is 0.446. The molecule has 80 valence electrons. The van der Waals surface area contributed by atoms with Crippen LogP contribution in [-0.4, -0.2) is 12.7 Å². The van der Waals surface area contributed by atoms with E-state index in [1.54, 1.807) is 6.08 Å². The van der Waals surface area contributed by atoms with Crippen molar-refractivity contribution in [2.24, 2.45) is 4.99 Å². The predicted octanol–water partition coefficient (Wildman–Crippen LogP) is 2.66. The summed E-state index contributed by atoms with van der Waals surface area (Å²) in [7, 11) is 0. The lowest BCUT2D eigenvalue weighted by Gasteiger charge is -2.18. The number of carbonyl (C=O) groups excluding carboxylic acids is 1. The maximum Gasteiger partial charge on any atom is 0.235 e. The molecule has 1 rings (SSSR count). The average Bonchev–Trinajstić information content (AvgIpc) is 2.19. The summed E-state index contributed by atoms with van der Waals surface area (Å²) >= 11 is 0. The molecule has 3 nitrogen and oxygen atoms in total. The van der Waals surface area contributed by atoms with E-state index in [0.29, 0.717) is 6.61 Å². The highest BCUT2D eigenvalue weighted by molar-refractivity contribution is 5.38. The highest BCUT2D eigenvalue weighted by Gasteiger charge is 2.18. The number of rotatable bonds is 4. The van der Waals surface area contributed by atoms with Gasteiger partial charge < -0.3 is 4.74 Å². The van der Waals surface area contributed by atoms with Gasteiger partial charge in [0.1, 0.15) is 5.75 Å². The van der Waals surface area contributed by atoms with Gasteiger partial charge in [-0.15, -0.1) is 0 Å². The van der Waals surface area contributed by atoms with Crippen molar-refractivity contribution in [3.05, 3.63) is 29.8 Å². The Balaban J connectivity index is 2.92. The second-order valence-electron chi connectivity index (χ2n) is 3.72. The van der Waals surface area contributed by atoms with Crippen LogP contribution >= 0.6 is 0 Å². The summed E-state index contributed by atoms with van der Waals surface area (Å²) in [5.74, 6) is 0.826. The summed E-state index contributed by atoms with van der Waals surface area (Å²) in [6, 6.07) is 7.57. The molecule has 1 aromatic rings. The number of isocyanates is 1. The molecule has 0 radical (unpaired) electrons. The van der Waals surface area contributed by atoms with Gasteiger partial charge in [-0.2, -0.15) is 4.99 Å². The van der Waals surface area contributed by atoms with E-state index < -0.39 is 5.54 Å². The van der Waals surface area contributed by atoms with Gasteiger partial charge in [0.25, 0.3) is 0 Å². The Hall–Kier alpha value is -1.60. The van der Waals surface area contributed by atoms with Gasteiger partial charge in [-0.1, -0.05) is 12.1 Å². The first-order chi connectivity index (χ1) is 7.10. The van der Waals surface area contributed by atoms with Crippen LogP contribution in [0.25, 0.3) is 0 Å². The monoisotopic (exact) mass is 205 g/mol. The van der Waals surface area contributed by atoms with Crippen molar-refractivity contribution in [3.63, 3.8) is 0 Å². The topological polar surface area (TPSA) is 38.7 Å². The first-order valence-electron chi connectivity index (χ1n) is 4.92. The second-order valence-corrected chi connectivity index (χ2v) is 3.72. The van der Waals surface area contributed by atoms with E-state index in [1.807, 2.05) is 45.0 Å². The van der Waals surface area contributed by atoms with E-state index in [2.05, 4.69) is 4.99 Å². The second kappa shape index (κ2) is 4.76. The van der Waals surface area contributed by atoms with Gasteiger partial charge >= 0.3 is 0 Å². The Bertz CT molecular complexity index is 362. The lowest BCUT2D eigenvalue weighted by Crippen LogP contribution is -2.13. The number of hydrogen-bond donors (Lipinski definition) is 0. The largest absolute Gasteiger partial charge is 0.494 e. The molecule has 0 saturated heterocycles. The van der Waals surface area contributed by atoms with Crippen LogP contribution in [0.3, 0.4) is 0 Å². The summed E-state index contributed by atoms with van der Waals surface area (Å²) < 4.78 is 5.33. The molecule has 0 N–H and O–H groups in total. The van der Waals surface area contributed by atoms with E-state index in [1.165, 1.54) is 0 Å². The van der Waals surface area contributed by atoms with Crippen LogP contribution in [0.5, 0.6) is 5.75 Å². The Morgan fingerprint density at radius 1 is 1.33 bits per heavy atom. The zero-order valence-electron chi connectivity index (χ0n) is 9.28. The molecule has 0 fully saturated rings. The number of ether oxygens (including phenoxy) is 1. The lowest BCUT2D eigenvalue weighted by molar-refractivity contribution is 0.340. The van der Waals surface area contributed by atoms with E-state index in [4.69, 9.17) is 4.74 Å². The van der Waals surface area contributed by atoms with Crippen LogP contribution in [0, 0.1) is 0 Å². The first-order valence-corrected chi connectivity index (χ1v) is 4.92. The molecule has 0 aliphatic heterocycles. The van der Waals surface area contributed by atoms with Crippen LogP contribution in [0.2, 0.25) is 0 Å². The van der Waals surface area contributed by atoms with Crippen molar-refractivity contribution in [2.45, 2.75) is 26.3 Å². The third-order valence-electron chi connectivity index (χ3n) is 2.20. The molecular weight excluding hydrogens is 190 g/mol. The quantitative estimate of drug-likeness (QED) is 0.560. The maximum absolute atomic E-state index is 10.2. The van der Waals surface area contributed by atoms with Crippen LogP contribution < -0.4 is 4.74 Å². The van der Waals surface area contributed by atoms with E-state index in [-0.39, 0.29) is 0 Å². The fourth-order valence-electron chi connectivity index (χ4n) is 1.30. The summed E-state index contributed by atoms with van der Waals surface area (Å²) in [5, 5.41) is 0. The van der Waals surface area contributed by atoms with Crippen LogP contribution in [0.1, 0.15) is 26.3 Å². The minimum atomic E-state index is -0.521. The van der Waals surface area contributed by atoms with E-state index in [0.717, 1.165) is 11.3 Å². The predicted molar refractivity (Wildman–Crippen MR) is 58.8 cm³/mol. The van der Waals surface area contributed by atoms with Crippen molar-refractivity contribution < 1.29 is 9.53 Å². The normalized spacial score (nSPS) is 10.6.